The average molecular weight is 455 g/mol. The van der Waals surface area contributed by atoms with E-state index in [2.05, 4.69) is 16.8 Å². The Labute approximate surface area is 193 Å². The molecule has 0 saturated carbocycles. The molecule has 3 amide bonds. The third-order valence-corrected chi connectivity index (χ3v) is 7.22. The molecule has 1 aromatic carbocycles. The number of hydrogen-bond acceptors (Lipinski definition) is 6. The molecule has 0 spiro atoms. The van der Waals surface area contributed by atoms with E-state index in [0.717, 1.165) is 55.2 Å². The number of anilines is 1. The van der Waals surface area contributed by atoms with E-state index in [0.29, 0.717) is 17.7 Å². The molecule has 170 valence electrons. The molecular formula is C24H30N4O3S. The van der Waals surface area contributed by atoms with Crippen molar-refractivity contribution in [3.8, 4) is 0 Å². The lowest BCUT2D eigenvalue weighted by molar-refractivity contribution is -0.134. The minimum absolute atomic E-state index is 0.0944. The lowest BCUT2D eigenvalue weighted by Crippen LogP contribution is -2.44. The normalized spacial score (nSPS) is 18.3. The highest BCUT2D eigenvalue weighted by molar-refractivity contribution is 7.09. The molecular weight excluding hydrogens is 424 g/mol. The summed E-state index contributed by atoms with van der Waals surface area (Å²) in [6.45, 7) is 6.31. The van der Waals surface area contributed by atoms with Crippen LogP contribution < -0.4 is 4.90 Å². The summed E-state index contributed by atoms with van der Waals surface area (Å²) in [5.74, 6) is -0.479. The first-order chi connectivity index (χ1) is 15.4. The van der Waals surface area contributed by atoms with Gasteiger partial charge in [0.2, 0.25) is 5.91 Å². The van der Waals surface area contributed by atoms with Crippen molar-refractivity contribution in [1.82, 2.24) is 14.8 Å². The molecule has 1 unspecified atom stereocenters. The average Bonchev–Trinajstić information content (AvgIpc) is 3.33. The highest BCUT2D eigenvalue weighted by atomic mass is 32.1. The van der Waals surface area contributed by atoms with Crippen LogP contribution in [0.1, 0.15) is 64.0 Å². The van der Waals surface area contributed by atoms with E-state index in [1.807, 2.05) is 36.4 Å². The first-order valence-electron chi connectivity index (χ1n) is 11.3. The number of amides is 3. The lowest BCUT2D eigenvalue weighted by atomic mass is 9.95. The Balaban J connectivity index is 1.55. The number of aromatic nitrogens is 1. The van der Waals surface area contributed by atoms with Crippen LogP contribution in [-0.2, 0) is 11.3 Å². The lowest BCUT2D eigenvalue weighted by Gasteiger charge is -2.36. The largest absolute Gasteiger partial charge is 0.370 e. The van der Waals surface area contributed by atoms with Gasteiger partial charge < -0.3 is 9.80 Å². The van der Waals surface area contributed by atoms with Gasteiger partial charge in [0.1, 0.15) is 5.01 Å². The van der Waals surface area contributed by atoms with Crippen molar-refractivity contribution in [2.24, 2.45) is 5.92 Å². The molecule has 32 heavy (non-hydrogen) atoms. The molecule has 2 aromatic rings. The van der Waals surface area contributed by atoms with Crippen LogP contribution in [0.3, 0.4) is 0 Å². The minimum Gasteiger partial charge on any atom is -0.370 e. The molecule has 3 heterocycles. The number of aryl methyl sites for hydroxylation is 1. The SMILES string of the molecule is CCCCN(C)C(=O)C1CCCN(c2cccc3c2C(=O)N(Cc2nc(C)cs2)C3=O)C1. The van der Waals surface area contributed by atoms with Crippen molar-refractivity contribution in [3.63, 3.8) is 0 Å². The van der Waals surface area contributed by atoms with Gasteiger partial charge in [-0.3, -0.25) is 19.3 Å². The van der Waals surface area contributed by atoms with Gasteiger partial charge in [0.25, 0.3) is 11.8 Å². The summed E-state index contributed by atoms with van der Waals surface area (Å²) in [7, 11) is 1.87. The molecule has 4 rings (SSSR count). The third-order valence-electron chi connectivity index (χ3n) is 6.27. The maximum atomic E-state index is 13.3. The topological polar surface area (TPSA) is 73.8 Å². The van der Waals surface area contributed by atoms with Crippen LogP contribution in [-0.4, -0.2) is 59.2 Å². The van der Waals surface area contributed by atoms with E-state index in [1.54, 1.807) is 6.07 Å². The second-order valence-corrected chi connectivity index (χ2v) is 9.62. The fourth-order valence-corrected chi connectivity index (χ4v) is 5.31. The number of thiazole rings is 1. The zero-order valence-electron chi connectivity index (χ0n) is 19.0. The van der Waals surface area contributed by atoms with Gasteiger partial charge in [-0.1, -0.05) is 19.4 Å². The van der Waals surface area contributed by atoms with Crippen LogP contribution in [0.15, 0.2) is 23.6 Å². The van der Waals surface area contributed by atoms with E-state index in [1.165, 1.54) is 16.2 Å². The summed E-state index contributed by atoms with van der Waals surface area (Å²) in [6, 6.07) is 5.45. The molecule has 2 aliphatic rings. The van der Waals surface area contributed by atoms with Crippen LogP contribution in [0.25, 0.3) is 0 Å². The molecule has 1 atom stereocenters. The molecule has 0 aliphatic carbocycles. The highest BCUT2D eigenvalue weighted by Crippen LogP contribution is 2.35. The number of piperidine rings is 1. The smallest absolute Gasteiger partial charge is 0.264 e. The zero-order chi connectivity index (χ0) is 22.8. The summed E-state index contributed by atoms with van der Waals surface area (Å²) in [5, 5.41) is 2.67. The number of unbranched alkanes of at least 4 members (excludes halogenated alkanes) is 1. The van der Waals surface area contributed by atoms with Crippen molar-refractivity contribution in [2.75, 3.05) is 31.6 Å². The van der Waals surface area contributed by atoms with Crippen molar-refractivity contribution < 1.29 is 14.4 Å². The van der Waals surface area contributed by atoms with E-state index in [4.69, 9.17) is 0 Å². The fourth-order valence-electron chi connectivity index (χ4n) is 4.55. The first-order valence-corrected chi connectivity index (χ1v) is 12.2. The Morgan fingerprint density at radius 2 is 2.09 bits per heavy atom. The Morgan fingerprint density at radius 1 is 1.28 bits per heavy atom. The van der Waals surface area contributed by atoms with E-state index in [-0.39, 0.29) is 30.2 Å². The minimum atomic E-state index is -0.276. The molecule has 1 saturated heterocycles. The maximum Gasteiger partial charge on any atom is 0.264 e. The third kappa shape index (κ3) is 4.28. The van der Waals surface area contributed by atoms with Gasteiger partial charge in [-0.25, -0.2) is 4.98 Å². The number of hydrogen-bond donors (Lipinski definition) is 0. The van der Waals surface area contributed by atoms with Crippen LogP contribution >= 0.6 is 11.3 Å². The molecule has 1 fully saturated rings. The van der Waals surface area contributed by atoms with Gasteiger partial charge in [0.15, 0.2) is 0 Å². The van der Waals surface area contributed by atoms with Gasteiger partial charge in [0.05, 0.1) is 29.3 Å². The van der Waals surface area contributed by atoms with Crippen molar-refractivity contribution >= 4 is 34.7 Å². The molecule has 0 bridgehead atoms. The summed E-state index contributed by atoms with van der Waals surface area (Å²) in [6.07, 6.45) is 3.78. The number of benzene rings is 1. The van der Waals surface area contributed by atoms with Gasteiger partial charge >= 0.3 is 0 Å². The number of fused-ring (bicyclic) bond motifs is 1. The van der Waals surface area contributed by atoms with E-state index in [9.17, 15) is 14.4 Å². The Bertz CT molecular complexity index is 1030. The van der Waals surface area contributed by atoms with Gasteiger partial charge in [0, 0.05) is 37.8 Å². The van der Waals surface area contributed by atoms with Crippen molar-refractivity contribution in [2.45, 2.75) is 46.1 Å². The molecule has 0 N–H and O–H groups in total. The first kappa shape index (κ1) is 22.5. The summed E-state index contributed by atoms with van der Waals surface area (Å²) < 4.78 is 0. The second-order valence-electron chi connectivity index (χ2n) is 8.68. The summed E-state index contributed by atoms with van der Waals surface area (Å²) in [4.78, 5) is 48.9. The van der Waals surface area contributed by atoms with Crippen molar-refractivity contribution in [1.29, 1.82) is 0 Å². The molecule has 1 aromatic heterocycles. The second kappa shape index (κ2) is 9.40. The predicted molar refractivity (Wildman–Crippen MR) is 125 cm³/mol. The molecule has 7 nitrogen and oxygen atoms in total. The van der Waals surface area contributed by atoms with Crippen LogP contribution in [0.4, 0.5) is 5.69 Å². The number of carbonyl (C=O) groups excluding carboxylic acids is 3. The Hall–Kier alpha value is -2.74. The van der Waals surface area contributed by atoms with Crippen LogP contribution in [0.5, 0.6) is 0 Å². The summed E-state index contributed by atoms with van der Waals surface area (Å²) >= 11 is 1.45. The van der Waals surface area contributed by atoms with E-state index >= 15 is 0 Å². The fraction of sp³-hybridized carbons (Fsp3) is 0.500. The zero-order valence-corrected chi connectivity index (χ0v) is 19.8. The Kier molecular flexibility index (Phi) is 6.60. The number of carbonyl (C=O) groups is 3. The van der Waals surface area contributed by atoms with Gasteiger partial charge in [-0.05, 0) is 38.3 Å². The highest BCUT2D eigenvalue weighted by Gasteiger charge is 2.40. The monoisotopic (exact) mass is 454 g/mol. The maximum absolute atomic E-state index is 13.3. The standard InChI is InChI=1S/C24H30N4O3S/c1-4-5-11-26(3)22(29)17-8-7-12-27(13-17)19-10-6-9-18-21(19)24(31)28(23(18)30)14-20-25-16(2)15-32-20/h6,9-10,15,17H,4-5,7-8,11-14H2,1-3H3. The number of nitrogens with zero attached hydrogens (tertiary/aromatic N) is 4. The summed E-state index contributed by atoms with van der Waals surface area (Å²) in [5.41, 5.74) is 2.54. The van der Waals surface area contributed by atoms with E-state index < -0.39 is 0 Å². The molecule has 2 aliphatic heterocycles. The van der Waals surface area contributed by atoms with Crippen molar-refractivity contribution in [3.05, 3.63) is 45.4 Å². The van der Waals surface area contributed by atoms with Crippen LogP contribution in [0.2, 0.25) is 0 Å². The number of imide groups is 1. The molecule has 0 radical (unpaired) electrons. The number of rotatable bonds is 7. The molecule has 8 heteroatoms. The Morgan fingerprint density at radius 3 is 2.81 bits per heavy atom. The predicted octanol–water partition coefficient (Wildman–Crippen LogP) is 3.72. The van der Waals surface area contributed by atoms with Gasteiger partial charge in [-0.2, -0.15) is 0 Å². The van der Waals surface area contributed by atoms with Gasteiger partial charge in [-0.15, -0.1) is 11.3 Å². The quantitative estimate of drug-likeness (QED) is 0.596. The van der Waals surface area contributed by atoms with Crippen LogP contribution in [0, 0.1) is 12.8 Å².